The van der Waals surface area contributed by atoms with Crippen LogP contribution in [-0.4, -0.2) is 39.7 Å². The van der Waals surface area contributed by atoms with Gasteiger partial charge in [-0.3, -0.25) is 4.57 Å². The molecule has 0 fully saturated rings. The number of alkyl halides is 3. The Morgan fingerprint density at radius 1 is 1.19 bits per heavy atom. The normalized spacial score (nSPS) is 14.5. The lowest BCUT2D eigenvalue weighted by molar-refractivity contribution is -0.134. The number of aromatic nitrogens is 4. The zero-order valence-corrected chi connectivity index (χ0v) is 17.3. The number of thiophene rings is 1. The molecular weight excluding hydrogens is 431 g/mol. The highest BCUT2D eigenvalue weighted by Gasteiger charge is 2.32. The molecule has 7 nitrogen and oxygen atoms in total. The quantitative estimate of drug-likeness (QED) is 0.594. The summed E-state index contributed by atoms with van der Waals surface area (Å²) in [4.78, 5) is 26.6. The van der Waals surface area contributed by atoms with Crippen LogP contribution in [0.3, 0.4) is 0 Å². The van der Waals surface area contributed by atoms with Crippen molar-refractivity contribution >= 4 is 22.9 Å². The Morgan fingerprint density at radius 2 is 2.03 bits per heavy atom. The van der Waals surface area contributed by atoms with Crippen LogP contribution in [0.5, 0.6) is 5.88 Å². The summed E-state index contributed by atoms with van der Waals surface area (Å²) in [6.45, 7) is 1.11. The van der Waals surface area contributed by atoms with Gasteiger partial charge in [0.2, 0.25) is 11.8 Å². The Morgan fingerprint density at radius 3 is 2.68 bits per heavy atom. The molecule has 3 aromatic heterocycles. The maximum absolute atomic E-state index is 12.7. The third kappa shape index (κ3) is 4.76. The number of methoxy groups -OCH3 is 1. The van der Waals surface area contributed by atoms with Gasteiger partial charge in [0.25, 0.3) is 0 Å². The first-order valence-corrected chi connectivity index (χ1v) is 10.2. The van der Waals surface area contributed by atoms with Crippen LogP contribution in [0.4, 0.5) is 19.1 Å². The van der Waals surface area contributed by atoms with Gasteiger partial charge in [0.1, 0.15) is 11.2 Å². The van der Waals surface area contributed by atoms with E-state index in [9.17, 15) is 18.0 Å². The molecule has 0 bridgehead atoms. The van der Waals surface area contributed by atoms with Crippen LogP contribution in [0.15, 0.2) is 47.5 Å². The Bertz CT molecular complexity index is 1170. The van der Waals surface area contributed by atoms with Gasteiger partial charge >= 0.3 is 11.9 Å². The molecule has 4 rings (SSSR count). The second-order valence-electron chi connectivity index (χ2n) is 6.82. The lowest BCUT2D eigenvalue weighted by Crippen LogP contribution is -2.34. The zero-order chi connectivity index (χ0) is 22.0. The number of ether oxygens (including phenoxy) is 1. The summed E-state index contributed by atoms with van der Waals surface area (Å²) < 4.78 is 44.6. The predicted octanol–water partition coefficient (Wildman–Crippen LogP) is 3.46. The lowest BCUT2D eigenvalue weighted by Gasteiger charge is -2.26. The molecule has 0 aromatic carbocycles. The number of anilines is 1. The molecule has 0 saturated heterocycles. The van der Waals surface area contributed by atoms with Gasteiger partial charge in [-0.1, -0.05) is 12.1 Å². The Balaban J connectivity index is 1.45. The zero-order valence-electron chi connectivity index (χ0n) is 16.5. The molecular formula is C20H18F3N5O2S. The minimum Gasteiger partial charge on any atom is -0.481 e. The van der Waals surface area contributed by atoms with Crippen molar-refractivity contribution in [2.45, 2.75) is 19.1 Å². The molecule has 31 heavy (non-hydrogen) atoms. The van der Waals surface area contributed by atoms with E-state index in [1.165, 1.54) is 17.0 Å². The summed E-state index contributed by atoms with van der Waals surface area (Å²) in [6.07, 6.45) is -0.373. The van der Waals surface area contributed by atoms with Gasteiger partial charge in [-0.25, -0.2) is 14.8 Å². The molecule has 0 atom stereocenters. The van der Waals surface area contributed by atoms with E-state index >= 15 is 0 Å². The summed E-state index contributed by atoms with van der Waals surface area (Å²) in [7, 11) is 1.57. The molecule has 0 saturated carbocycles. The van der Waals surface area contributed by atoms with Crippen LogP contribution in [0.1, 0.15) is 21.9 Å². The standard InChI is InChI=1S/C20H18F3N5O2S/c1-30-17-4-2-3-15(25-17)13-7-9-27(10-8-13)18-24-12-28(19(29)26-18)11-14-5-6-16(31-14)20(21,22)23/h2-7,12H,8-11H2,1H3. The van der Waals surface area contributed by atoms with E-state index in [-0.39, 0.29) is 12.5 Å². The lowest BCUT2D eigenvalue weighted by atomic mass is 10.0. The Kier molecular flexibility index (Phi) is 5.77. The number of halogens is 3. The highest BCUT2D eigenvalue weighted by Crippen LogP contribution is 2.34. The molecule has 0 unspecified atom stereocenters. The third-order valence-corrected chi connectivity index (χ3v) is 5.89. The van der Waals surface area contributed by atoms with E-state index in [2.05, 4.69) is 15.0 Å². The van der Waals surface area contributed by atoms with E-state index in [1.807, 2.05) is 23.1 Å². The average molecular weight is 449 g/mol. The average Bonchev–Trinajstić information content (AvgIpc) is 3.25. The predicted molar refractivity (Wildman–Crippen MR) is 110 cm³/mol. The smallest absolute Gasteiger partial charge is 0.425 e. The molecule has 0 radical (unpaired) electrons. The topological polar surface area (TPSA) is 73.1 Å². The number of pyridine rings is 1. The number of rotatable bonds is 5. The van der Waals surface area contributed by atoms with Crippen LogP contribution in [0.25, 0.3) is 5.57 Å². The van der Waals surface area contributed by atoms with Gasteiger partial charge in [0.15, 0.2) is 0 Å². The van der Waals surface area contributed by atoms with Crippen LogP contribution >= 0.6 is 11.3 Å². The molecule has 162 valence electrons. The summed E-state index contributed by atoms with van der Waals surface area (Å²) in [5.41, 5.74) is 1.35. The number of nitrogens with zero attached hydrogens (tertiary/aromatic N) is 5. The molecule has 3 aromatic rings. The van der Waals surface area contributed by atoms with E-state index in [0.717, 1.165) is 17.3 Å². The van der Waals surface area contributed by atoms with Crippen molar-refractivity contribution < 1.29 is 17.9 Å². The SMILES string of the molecule is COc1cccc(C2=CCN(c3ncn(Cc4ccc(C(F)(F)F)s4)c(=O)n3)CC2)n1. The fourth-order valence-electron chi connectivity index (χ4n) is 3.18. The van der Waals surface area contributed by atoms with Gasteiger partial charge in [-0.2, -0.15) is 18.2 Å². The molecule has 11 heteroatoms. The maximum Gasteiger partial charge on any atom is 0.425 e. The van der Waals surface area contributed by atoms with Crippen molar-refractivity contribution in [1.82, 2.24) is 19.5 Å². The summed E-state index contributed by atoms with van der Waals surface area (Å²) in [5, 5.41) is 0. The van der Waals surface area contributed by atoms with Crippen molar-refractivity contribution in [2.24, 2.45) is 0 Å². The van der Waals surface area contributed by atoms with E-state index in [4.69, 9.17) is 4.74 Å². The molecule has 1 aliphatic rings. The minimum atomic E-state index is -4.39. The van der Waals surface area contributed by atoms with E-state index < -0.39 is 16.7 Å². The third-order valence-electron chi connectivity index (χ3n) is 4.77. The largest absolute Gasteiger partial charge is 0.481 e. The summed E-state index contributed by atoms with van der Waals surface area (Å²) in [5.74, 6) is 0.832. The fraction of sp³-hybridized carbons (Fsp3) is 0.300. The van der Waals surface area contributed by atoms with Gasteiger partial charge in [-0.15, -0.1) is 11.3 Å². The fourth-order valence-corrected chi connectivity index (χ4v) is 4.06. The second-order valence-corrected chi connectivity index (χ2v) is 7.99. The van der Waals surface area contributed by atoms with Gasteiger partial charge in [-0.05, 0) is 30.2 Å². The van der Waals surface area contributed by atoms with Crippen LogP contribution in [-0.2, 0) is 12.7 Å². The molecule has 0 N–H and O–H groups in total. The van der Waals surface area contributed by atoms with E-state index in [0.29, 0.717) is 41.6 Å². The Labute approximate surface area is 179 Å². The molecule has 0 amide bonds. The molecule has 1 aliphatic heterocycles. The minimum absolute atomic E-state index is 0.00851. The first-order valence-electron chi connectivity index (χ1n) is 9.38. The first kappa shape index (κ1) is 21.0. The molecule has 4 heterocycles. The molecule has 0 spiro atoms. The van der Waals surface area contributed by atoms with Crippen molar-refractivity contribution in [3.63, 3.8) is 0 Å². The summed E-state index contributed by atoms with van der Waals surface area (Å²) in [6, 6.07) is 7.94. The maximum atomic E-state index is 12.7. The number of hydrogen-bond acceptors (Lipinski definition) is 7. The van der Waals surface area contributed by atoms with Crippen LogP contribution < -0.4 is 15.3 Å². The first-order chi connectivity index (χ1) is 14.8. The van der Waals surface area contributed by atoms with Crippen LogP contribution in [0.2, 0.25) is 0 Å². The van der Waals surface area contributed by atoms with Gasteiger partial charge in [0.05, 0.1) is 19.3 Å². The van der Waals surface area contributed by atoms with Gasteiger partial charge < -0.3 is 9.64 Å². The number of hydrogen-bond donors (Lipinski definition) is 0. The van der Waals surface area contributed by atoms with Crippen LogP contribution in [0, 0.1) is 0 Å². The van der Waals surface area contributed by atoms with E-state index in [1.54, 1.807) is 13.2 Å². The monoisotopic (exact) mass is 449 g/mol. The molecule has 0 aliphatic carbocycles. The van der Waals surface area contributed by atoms with Gasteiger partial charge in [0, 0.05) is 24.0 Å². The van der Waals surface area contributed by atoms with Crippen molar-refractivity contribution in [3.05, 3.63) is 68.7 Å². The van der Waals surface area contributed by atoms with Crippen molar-refractivity contribution in [2.75, 3.05) is 25.1 Å². The highest BCUT2D eigenvalue weighted by molar-refractivity contribution is 7.12. The second kappa shape index (κ2) is 8.50. The Hall–Kier alpha value is -3.21. The summed E-state index contributed by atoms with van der Waals surface area (Å²) >= 11 is 0.603. The van der Waals surface area contributed by atoms with Crippen molar-refractivity contribution in [1.29, 1.82) is 0 Å². The highest BCUT2D eigenvalue weighted by atomic mass is 32.1. The van der Waals surface area contributed by atoms with Crippen molar-refractivity contribution in [3.8, 4) is 5.88 Å².